The summed E-state index contributed by atoms with van der Waals surface area (Å²) in [6.45, 7) is 9.43. The second-order valence-corrected chi connectivity index (χ2v) is 17.6. The first kappa shape index (κ1) is 38.0. The predicted molar refractivity (Wildman–Crippen MR) is 223 cm³/mol. The maximum Gasteiger partial charge on any atom is 0.407 e. The van der Waals surface area contributed by atoms with Crippen LogP contribution in [0.2, 0.25) is 0 Å². The van der Waals surface area contributed by atoms with Crippen molar-refractivity contribution < 1.29 is 19.1 Å². The highest BCUT2D eigenvalue weighted by atomic mass is 16.5. The van der Waals surface area contributed by atoms with Gasteiger partial charge in [0.2, 0.25) is 11.8 Å². The number of nitrogens with zero attached hydrogens (tertiary/aromatic N) is 5. The molecule has 12 heteroatoms. The molecule has 2 aromatic carbocycles. The lowest BCUT2D eigenvalue weighted by molar-refractivity contribution is -0.135. The Morgan fingerprint density at radius 2 is 1.57 bits per heavy atom. The lowest BCUT2D eigenvalue weighted by Crippen LogP contribution is -2.51. The number of methoxy groups -OCH3 is 1. The van der Waals surface area contributed by atoms with Crippen LogP contribution in [0.1, 0.15) is 113 Å². The number of imidazole rings is 2. The Labute approximate surface area is 339 Å². The van der Waals surface area contributed by atoms with Crippen molar-refractivity contribution in [3.63, 3.8) is 0 Å². The number of amides is 3. The van der Waals surface area contributed by atoms with Gasteiger partial charge in [-0.2, -0.15) is 0 Å². The minimum Gasteiger partial charge on any atom is -0.453 e. The Balaban J connectivity index is 0.955. The van der Waals surface area contributed by atoms with Crippen molar-refractivity contribution in [2.45, 2.75) is 103 Å². The number of carbonyl (C=O) groups is 3. The summed E-state index contributed by atoms with van der Waals surface area (Å²) in [5.41, 5.74) is 11.1. The van der Waals surface area contributed by atoms with E-state index in [4.69, 9.17) is 19.7 Å². The molecular weight excluding hydrogens is 729 g/mol. The fourth-order valence-electron chi connectivity index (χ4n) is 9.94. The van der Waals surface area contributed by atoms with Crippen molar-refractivity contribution in [1.82, 2.24) is 40.0 Å². The van der Waals surface area contributed by atoms with Gasteiger partial charge >= 0.3 is 6.09 Å². The molecule has 0 bridgehead atoms. The summed E-state index contributed by atoms with van der Waals surface area (Å²) < 4.78 is 4.79. The van der Waals surface area contributed by atoms with Crippen LogP contribution < -0.4 is 5.32 Å². The molecule has 4 aliphatic rings. The lowest BCUT2D eigenvalue weighted by atomic mass is 9.73. The van der Waals surface area contributed by atoms with Crippen molar-refractivity contribution in [2.24, 2.45) is 17.8 Å². The predicted octanol–water partition coefficient (Wildman–Crippen LogP) is 8.49. The van der Waals surface area contributed by atoms with Gasteiger partial charge in [0, 0.05) is 36.8 Å². The molecule has 12 nitrogen and oxygen atoms in total. The number of hydrogen-bond donors (Lipinski definition) is 3. The quantitative estimate of drug-likeness (QED) is 0.129. The van der Waals surface area contributed by atoms with Crippen LogP contribution in [0.3, 0.4) is 0 Å². The molecule has 0 spiro atoms. The molecule has 58 heavy (non-hydrogen) atoms. The second-order valence-electron chi connectivity index (χ2n) is 17.6. The molecule has 2 aliphatic carbocycles. The second kappa shape index (κ2) is 15.3. The third-order valence-electron chi connectivity index (χ3n) is 13.1. The van der Waals surface area contributed by atoms with E-state index in [1.165, 1.54) is 36.6 Å². The molecule has 5 heterocycles. The zero-order chi connectivity index (χ0) is 40.2. The standard InChI is InChI=1S/C46H54N8O4/c1-25(2)20-39(55)53-18-6-9-38(53)44-49-34-17-15-30(22-35(34)50-44)33-23-47-42(40-31-16-14-29(31)21-32(33)40)28-12-10-27(11-13-28)36-24-48-43(51-36)37-8-7-19-54(37)45(56)41(26(3)4)52-46(57)58-5/h10-13,15,17,22-26,29,31,37-38,41H,6-9,14,16,18-21H2,1-5H3,(H,48,51)(H,49,50)(H,52,57)/t29?,31?,37-,38-,41-/m0/s1. The number of nitrogens with one attached hydrogen (secondary N) is 3. The molecular formula is C46H54N8O4. The van der Waals surface area contributed by atoms with Crippen LogP contribution in [0.25, 0.3) is 44.7 Å². The van der Waals surface area contributed by atoms with Gasteiger partial charge in [-0.25, -0.2) is 14.8 Å². The molecule has 2 aliphatic heterocycles. The van der Waals surface area contributed by atoms with Gasteiger partial charge in [-0.05, 0) is 103 Å². The first-order valence-electron chi connectivity index (χ1n) is 21.2. The van der Waals surface area contributed by atoms with E-state index in [2.05, 4.69) is 77.8 Å². The molecule has 2 saturated heterocycles. The number of hydrogen-bond acceptors (Lipinski definition) is 7. The average Bonchev–Trinajstić information content (AvgIpc) is 4.05. The van der Waals surface area contributed by atoms with Crippen molar-refractivity contribution in [1.29, 1.82) is 0 Å². The van der Waals surface area contributed by atoms with Crippen LogP contribution in [0.15, 0.2) is 54.9 Å². The number of benzene rings is 2. The van der Waals surface area contributed by atoms with Gasteiger partial charge in [0.05, 0.1) is 47.8 Å². The fourth-order valence-corrected chi connectivity index (χ4v) is 9.94. The zero-order valence-electron chi connectivity index (χ0n) is 34.2. The molecule has 3 aromatic heterocycles. The number of carbonyl (C=O) groups excluding carboxylic acids is 3. The van der Waals surface area contributed by atoms with E-state index in [0.717, 1.165) is 89.4 Å². The summed E-state index contributed by atoms with van der Waals surface area (Å²) in [7, 11) is 1.30. The lowest BCUT2D eigenvalue weighted by Gasteiger charge is -2.31. The number of fused-ring (bicyclic) bond motifs is 4. The number of pyridine rings is 1. The first-order chi connectivity index (χ1) is 28.1. The van der Waals surface area contributed by atoms with Crippen molar-refractivity contribution in [3.05, 3.63) is 77.6 Å². The van der Waals surface area contributed by atoms with Crippen LogP contribution in [0.5, 0.6) is 0 Å². The molecule has 3 amide bonds. The number of alkyl carbamates (subject to hydrolysis) is 1. The van der Waals surface area contributed by atoms with E-state index >= 15 is 0 Å². The molecule has 3 fully saturated rings. The van der Waals surface area contributed by atoms with Crippen molar-refractivity contribution >= 4 is 28.9 Å². The number of likely N-dealkylation sites (tertiary alicyclic amines) is 2. The molecule has 0 radical (unpaired) electrons. The Morgan fingerprint density at radius 1 is 0.845 bits per heavy atom. The van der Waals surface area contributed by atoms with Gasteiger partial charge in [-0.1, -0.05) is 58.0 Å². The van der Waals surface area contributed by atoms with Gasteiger partial charge in [-0.15, -0.1) is 0 Å². The molecule has 1 saturated carbocycles. The number of aromatic nitrogens is 5. The maximum atomic E-state index is 13.6. The Kier molecular flexibility index (Phi) is 10.1. The van der Waals surface area contributed by atoms with E-state index in [-0.39, 0.29) is 29.8 Å². The third kappa shape index (κ3) is 6.83. The van der Waals surface area contributed by atoms with Crippen LogP contribution in [-0.4, -0.2) is 78.9 Å². The maximum absolute atomic E-state index is 13.6. The van der Waals surface area contributed by atoms with E-state index < -0.39 is 12.1 Å². The van der Waals surface area contributed by atoms with Gasteiger partial charge in [-0.3, -0.25) is 14.6 Å². The summed E-state index contributed by atoms with van der Waals surface area (Å²) in [6.07, 6.45) is 11.0. The summed E-state index contributed by atoms with van der Waals surface area (Å²) in [5, 5.41) is 2.72. The molecule has 5 atom stereocenters. The van der Waals surface area contributed by atoms with Crippen LogP contribution in [0.4, 0.5) is 4.79 Å². The summed E-state index contributed by atoms with van der Waals surface area (Å²) in [4.78, 5) is 64.6. The summed E-state index contributed by atoms with van der Waals surface area (Å²) >= 11 is 0. The minimum absolute atomic E-state index is 0.00110. The van der Waals surface area contributed by atoms with Gasteiger partial charge in [0.1, 0.15) is 17.7 Å². The van der Waals surface area contributed by atoms with Crippen LogP contribution >= 0.6 is 0 Å². The minimum atomic E-state index is -0.677. The molecule has 5 aromatic rings. The highest BCUT2D eigenvalue weighted by Gasteiger charge is 2.43. The van der Waals surface area contributed by atoms with Crippen LogP contribution in [-0.2, 0) is 20.7 Å². The smallest absolute Gasteiger partial charge is 0.407 e. The van der Waals surface area contributed by atoms with Gasteiger partial charge < -0.3 is 29.8 Å². The Hall–Kier alpha value is -5.52. The van der Waals surface area contributed by atoms with Crippen molar-refractivity contribution in [2.75, 3.05) is 20.2 Å². The van der Waals surface area contributed by atoms with Crippen LogP contribution in [0, 0.1) is 17.8 Å². The highest BCUT2D eigenvalue weighted by molar-refractivity contribution is 5.87. The van der Waals surface area contributed by atoms with E-state index in [1.54, 1.807) is 0 Å². The largest absolute Gasteiger partial charge is 0.453 e. The number of aromatic amines is 2. The van der Waals surface area contributed by atoms with Gasteiger partial charge in [0.25, 0.3) is 0 Å². The van der Waals surface area contributed by atoms with Crippen molar-refractivity contribution in [3.8, 4) is 33.6 Å². The molecule has 302 valence electrons. The third-order valence-corrected chi connectivity index (χ3v) is 13.1. The Bertz CT molecular complexity index is 2360. The van der Waals surface area contributed by atoms with E-state index in [1.807, 2.05) is 29.8 Å². The fraction of sp³-hybridized carbons (Fsp3) is 0.478. The first-order valence-corrected chi connectivity index (χ1v) is 21.2. The number of ether oxygens (including phenoxy) is 1. The number of rotatable bonds is 10. The molecule has 2 unspecified atom stereocenters. The summed E-state index contributed by atoms with van der Waals surface area (Å²) in [5.74, 6) is 3.15. The Morgan fingerprint density at radius 3 is 2.28 bits per heavy atom. The van der Waals surface area contributed by atoms with Gasteiger partial charge in [0.15, 0.2) is 0 Å². The average molecular weight is 783 g/mol. The topological polar surface area (TPSA) is 149 Å². The molecule has 9 rings (SSSR count). The van der Waals surface area contributed by atoms with E-state index in [9.17, 15) is 14.4 Å². The number of H-pyrrole nitrogens is 2. The zero-order valence-corrected chi connectivity index (χ0v) is 34.2. The highest BCUT2D eigenvalue weighted by Crippen LogP contribution is 2.55. The molecule has 3 N–H and O–H groups in total. The normalized spacial score (nSPS) is 21.7. The SMILES string of the molecule is COC(=O)N[C@H](C(=O)N1CCC[C@H]1c1ncc(-c2ccc(-c3ncc(-c4ccc5nc([C@@H]6CCCN6C(=O)CC(C)C)[nH]c5c4)c4c3C3CCC3C4)cc2)[nH]1)C(C)C. The monoisotopic (exact) mass is 782 g/mol. The summed E-state index contributed by atoms with van der Waals surface area (Å²) in [6, 6.07) is 14.2. The van der Waals surface area contributed by atoms with E-state index in [0.29, 0.717) is 30.7 Å².